The lowest BCUT2D eigenvalue weighted by molar-refractivity contribution is 0.000533. The number of pyridine rings is 1. The summed E-state index contributed by atoms with van der Waals surface area (Å²) in [6.45, 7) is 1.45. The largest absolute Gasteiger partial charge is 0.477 e. The number of carboxylic acid groups (broad SMARTS) is 1. The van der Waals surface area contributed by atoms with Crippen LogP contribution in [0.15, 0.2) is 87.0 Å². The van der Waals surface area contributed by atoms with E-state index in [1.807, 2.05) is 0 Å². The first-order valence-electron chi connectivity index (χ1n) is 13.7. The third-order valence-corrected chi connectivity index (χ3v) is 9.92. The molecule has 3 aromatic carbocycles. The molecule has 2 aliphatic rings. The van der Waals surface area contributed by atoms with E-state index in [0.717, 1.165) is 12.3 Å². The van der Waals surface area contributed by atoms with Crippen LogP contribution in [-0.4, -0.2) is 75.6 Å². The zero-order chi connectivity index (χ0) is 31.0. The minimum Gasteiger partial charge on any atom is -0.477 e. The van der Waals surface area contributed by atoms with Crippen LogP contribution in [0.4, 0.5) is 19.3 Å². The fourth-order valence-corrected chi connectivity index (χ4v) is 7.18. The number of benzene rings is 3. The predicted octanol–water partition coefficient (Wildman–Crippen LogP) is 3.64. The number of urea groups is 1. The number of hydrogen-bond donors (Lipinski definition) is 2. The van der Waals surface area contributed by atoms with E-state index >= 15 is 4.39 Å². The minimum absolute atomic E-state index is 0.140. The molecule has 6 rings (SSSR count). The van der Waals surface area contributed by atoms with Gasteiger partial charge in [-0.15, -0.1) is 4.36 Å². The Balaban J connectivity index is 1.34. The van der Waals surface area contributed by atoms with Crippen LogP contribution in [0.1, 0.15) is 10.4 Å². The van der Waals surface area contributed by atoms with Crippen molar-refractivity contribution in [3.8, 4) is 5.69 Å². The van der Waals surface area contributed by atoms with Gasteiger partial charge in [-0.3, -0.25) is 4.79 Å². The highest BCUT2D eigenvalue weighted by atomic mass is 32.2. The number of anilines is 1. The molecule has 3 heterocycles. The molecule has 2 N–H and O–H groups in total. The van der Waals surface area contributed by atoms with Crippen LogP contribution >= 0.6 is 0 Å². The van der Waals surface area contributed by atoms with Gasteiger partial charge in [0.1, 0.15) is 27.1 Å². The van der Waals surface area contributed by atoms with Gasteiger partial charge >= 0.3 is 12.0 Å². The monoisotopic (exact) mass is 623 g/mol. The van der Waals surface area contributed by atoms with Gasteiger partial charge in [-0.05, 0) is 48.5 Å². The first kappa shape index (κ1) is 29.4. The van der Waals surface area contributed by atoms with Gasteiger partial charge in [-0.25, -0.2) is 26.9 Å². The van der Waals surface area contributed by atoms with Gasteiger partial charge in [0.25, 0.3) is 0 Å². The number of rotatable bonds is 6. The first-order valence-corrected chi connectivity index (χ1v) is 15.2. The number of aromatic nitrogens is 1. The van der Waals surface area contributed by atoms with Gasteiger partial charge in [0.15, 0.2) is 0 Å². The Morgan fingerprint density at radius 3 is 2.27 bits per heavy atom. The fraction of sp³-hybridized carbons (Fsp3) is 0.233. The quantitative estimate of drug-likeness (QED) is 0.335. The van der Waals surface area contributed by atoms with Gasteiger partial charge < -0.3 is 24.6 Å². The number of fused-ring (bicyclic) bond motifs is 1. The number of ether oxygens (including phenoxy) is 1. The smallest absolute Gasteiger partial charge is 0.350 e. The molecule has 1 aromatic heterocycles. The van der Waals surface area contributed by atoms with Crippen molar-refractivity contribution in [2.24, 2.45) is 4.36 Å². The number of nitrogens with zero attached hydrogens (tertiary/aromatic N) is 4. The fourth-order valence-electron chi connectivity index (χ4n) is 5.21. The normalized spacial score (nSPS) is 17.1. The standard InChI is InChI=1S/C30H27F2N5O6S/c31-19-6-8-21(9-7-19)37-16-24(29(39)40)28(38)23-14-25(32)27(15-26(23)37)35-10-12-36(13-11-35)44(42,22-4-2-1-3-5-22)34-30(41)33-20-17-43-18-20/h1-9,14-16,20H,10-13,17-18H2,(H,33,41)(H,39,40). The summed E-state index contributed by atoms with van der Waals surface area (Å²) in [5.41, 5.74) is -0.670. The average Bonchev–Trinajstić information content (AvgIpc) is 3.00. The molecule has 2 aliphatic heterocycles. The number of halogens is 2. The van der Waals surface area contributed by atoms with Crippen molar-refractivity contribution in [1.29, 1.82) is 0 Å². The van der Waals surface area contributed by atoms with Crippen LogP contribution < -0.4 is 15.6 Å². The van der Waals surface area contributed by atoms with Gasteiger partial charge in [0.05, 0.1) is 35.4 Å². The summed E-state index contributed by atoms with van der Waals surface area (Å²) < 4.78 is 55.8. The van der Waals surface area contributed by atoms with Crippen LogP contribution in [0.3, 0.4) is 0 Å². The Kier molecular flexibility index (Phi) is 7.88. The lowest BCUT2D eigenvalue weighted by Crippen LogP contribution is -2.50. The summed E-state index contributed by atoms with van der Waals surface area (Å²) in [6, 6.07) is 15.2. The molecule has 1 unspecified atom stereocenters. The zero-order valence-corrected chi connectivity index (χ0v) is 24.0. The minimum atomic E-state index is -3.36. The first-order chi connectivity index (χ1) is 21.1. The Morgan fingerprint density at radius 1 is 0.977 bits per heavy atom. The molecule has 2 fully saturated rings. The third kappa shape index (κ3) is 5.54. The molecule has 0 spiro atoms. The van der Waals surface area contributed by atoms with Gasteiger partial charge in [-0.2, -0.15) is 0 Å². The second-order valence-corrected chi connectivity index (χ2v) is 12.5. The Labute approximate surface area is 250 Å². The van der Waals surface area contributed by atoms with Crippen molar-refractivity contribution < 1.29 is 32.4 Å². The summed E-state index contributed by atoms with van der Waals surface area (Å²) in [5.74, 6) is -2.72. The second kappa shape index (κ2) is 11.8. The summed E-state index contributed by atoms with van der Waals surface area (Å²) >= 11 is 0. The average molecular weight is 624 g/mol. The van der Waals surface area contributed by atoms with Gasteiger partial charge in [-0.1, -0.05) is 18.2 Å². The van der Waals surface area contributed by atoms with E-state index in [4.69, 9.17) is 4.74 Å². The molecule has 2 amide bonds. The zero-order valence-electron chi connectivity index (χ0n) is 23.2. The molecule has 11 nitrogen and oxygen atoms in total. The maximum atomic E-state index is 15.6. The lowest BCUT2D eigenvalue weighted by atomic mass is 10.1. The van der Waals surface area contributed by atoms with Gasteiger partial charge in [0.2, 0.25) is 5.43 Å². The van der Waals surface area contributed by atoms with Crippen LogP contribution in [0.5, 0.6) is 0 Å². The highest BCUT2D eigenvalue weighted by Crippen LogP contribution is 2.29. The maximum Gasteiger partial charge on any atom is 0.350 e. The molecule has 0 aliphatic carbocycles. The number of aromatic carboxylic acids is 1. The van der Waals surface area contributed by atoms with Crippen LogP contribution in [0.2, 0.25) is 0 Å². The molecular weight excluding hydrogens is 596 g/mol. The van der Waals surface area contributed by atoms with Crippen molar-refractivity contribution in [1.82, 2.24) is 14.2 Å². The van der Waals surface area contributed by atoms with E-state index in [1.165, 1.54) is 34.9 Å². The molecule has 0 radical (unpaired) electrons. The third-order valence-electron chi connectivity index (χ3n) is 7.56. The highest BCUT2D eigenvalue weighted by molar-refractivity contribution is 7.91. The van der Waals surface area contributed by atoms with E-state index in [1.54, 1.807) is 39.5 Å². The van der Waals surface area contributed by atoms with Crippen molar-refractivity contribution in [2.45, 2.75) is 10.9 Å². The summed E-state index contributed by atoms with van der Waals surface area (Å²) in [7, 11) is -3.36. The van der Waals surface area contributed by atoms with E-state index < -0.39 is 44.5 Å². The molecule has 0 saturated carbocycles. The van der Waals surface area contributed by atoms with Gasteiger partial charge in [0, 0.05) is 43.4 Å². The predicted molar refractivity (Wildman–Crippen MR) is 159 cm³/mol. The maximum absolute atomic E-state index is 15.6. The van der Waals surface area contributed by atoms with Crippen LogP contribution in [0.25, 0.3) is 16.6 Å². The molecule has 1 atom stereocenters. The molecule has 2 saturated heterocycles. The van der Waals surface area contributed by atoms with Crippen LogP contribution in [-0.2, 0) is 14.7 Å². The summed E-state index contributed by atoms with van der Waals surface area (Å²) in [4.78, 5) is 39.6. The number of carboxylic acids is 1. The lowest BCUT2D eigenvalue weighted by Gasteiger charge is -2.37. The Morgan fingerprint density at radius 2 is 1.66 bits per heavy atom. The molecule has 14 heteroatoms. The molecular formula is C30H27F2N5O6S. The molecule has 0 bridgehead atoms. The van der Waals surface area contributed by atoms with Crippen molar-refractivity contribution >= 4 is 38.5 Å². The van der Waals surface area contributed by atoms with E-state index in [2.05, 4.69) is 9.68 Å². The number of carbonyl (C=O) groups excluding carboxylic acids is 1. The van der Waals surface area contributed by atoms with E-state index in [9.17, 15) is 28.1 Å². The van der Waals surface area contributed by atoms with E-state index in [0.29, 0.717) is 23.8 Å². The SMILES string of the molecule is O=C(N=S(=O)(c1ccccc1)N1CCN(c2cc3c(cc2F)c(=O)c(C(=O)O)cn3-c2ccc(F)cc2)CC1)NC1COC1. The topological polar surface area (TPSA) is 134 Å². The van der Waals surface area contributed by atoms with Crippen molar-refractivity contribution in [3.63, 3.8) is 0 Å². The number of carbonyl (C=O) groups is 2. The molecule has 4 aromatic rings. The molecule has 44 heavy (non-hydrogen) atoms. The number of piperazine rings is 1. The van der Waals surface area contributed by atoms with Crippen LogP contribution in [0, 0.1) is 11.6 Å². The Bertz CT molecular complexity index is 1930. The van der Waals surface area contributed by atoms with Crippen molar-refractivity contribution in [2.75, 3.05) is 44.3 Å². The van der Waals surface area contributed by atoms with Crippen molar-refractivity contribution in [3.05, 3.63) is 100 Å². The summed E-state index contributed by atoms with van der Waals surface area (Å²) in [5, 5.41) is 12.2. The number of amides is 2. The summed E-state index contributed by atoms with van der Waals surface area (Å²) in [6.07, 6.45) is 1.14. The Hall–Kier alpha value is -4.66. The molecule has 228 valence electrons. The highest BCUT2D eigenvalue weighted by Gasteiger charge is 2.31. The number of nitrogens with one attached hydrogen (secondary N) is 1. The second-order valence-electron chi connectivity index (χ2n) is 10.3. The number of hydrogen-bond acceptors (Lipinski definition) is 6. The van der Waals surface area contributed by atoms with E-state index in [-0.39, 0.29) is 48.8 Å².